The van der Waals surface area contributed by atoms with Crippen LogP contribution < -0.4 is 11.3 Å². The Morgan fingerprint density at radius 1 is 1.67 bits per heavy atom. The van der Waals surface area contributed by atoms with E-state index in [1.54, 1.807) is 0 Å². The Labute approximate surface area is 74.9 Å². The quantitative estimate of drug-likeness (QED) is 0.263. The maximum absolute atomic E-state index is 5.35. The topological polar surface area (TPSA) is 47.3 Å². The molecule has 3 nitrogen and oxygen atoms in total. The molecular formula is C9H20N2O. The molecule has 0 aromatic rings. The van der Waals surface area contributed by atoms with Crippen molar-refractivity contribution in [1.82, 2.24) is 5.43 Å². The Kier molecular flexibility index (Phi) is 7.05. The van der Waals surface area contributed by atoms with E-state index in [0.29, 0.717) is 6.61 Å². The van der Waals surface area contributed by atoms with Crippen molar-refractivity contribution < 1.29 is 4.74 Å². The van der Waals surface area contributed by atoms with Gasteiger partial charge in [-0.25, -0.2) is 0 Å². The van der Waals surface area contributed by atoms with Gasteiger partial charge in [-0.1, -0.05) is 12.5 Å². The largest absolute Gasteiger partial charge is 0.380 e. The monoisotopic (exact) mass is 172 g/mol. The highest BCUT2D eigenvalue weighted by Gasteiger charge is 2.05. The standard InChI is InChI=1S/C9H20N2O/c1-4-5-12-7-9(11-10)6-8(2)3/h9,11H,2,4-7,10H2,1,3H3. The molecule has 0 saturated carbocycles. The molecule has 0 aliphatic heterocycles. The average molecular weight is 172 g/mol. The zero-order valence-corrected chi connectivity index (χ0v) is 8.10. The normalized spacial score (nSPS) is 12.9. The molecule has 0 amide bonds. The fourth-order valence-corrected chi connectivity index (χ4v) is 0.957. The minimum Gasteiger partial charge on any atom is -0.380 e. The second-order valence-electron chi connectivity index (χ2n) is 3.10. The number of hydrazine groups is 1. The molecule has 1 unspecified atom stereocenters. The lowest BCUT2D eigenvalue weighted by Crippen LogP contribution is -2.38. The second-order valence-corrected chi connectivity index (χ2v) is 3.10. The summed E-state index contributed by atoms with van der Waals surface area (Å²) in [5.41, 5.74) is 3.83. The van der Waals surface area contributed by atoms with Crippen LogP contribution >= 0.6 is 0 Å². The molecule has 0 aromatic heterocycles. The Bertz CT molecular complexity index is 126. The first-order valence-corrected chi connectivity index (χ1v) is 4.39. The molecule has 0 bridgehead atoms. The fraction of sp³-hybridized carbons (Fsp3) is 0.778. The minimum absolute atomic E-state index is 0.203. The highest BCUT2D eigenvalue weighted by molar-refractivity contribution is 4.92. The van der Waals surface area contributed by atoms with E-state index in [4.69, 9.17) is 10.6 Å². The molecule has 0 saturated heterocycles. The van der Waals surface area contributed by atoms with Crippen molar-refractivity contribution in [1.29, 1.82) is 0 Å². The third kappa shape index (κ3) is 6.34. The van der Waals surface area contributed by atoms with Crippen LogP contribution in [0.15, 0.2) is 12.2 Å². The zero-order chi connectivity index (χ0) is 9.40. The van der Waals surface area contributed by atoms with Gasteiger partial charge in [0.05, 0.1) is 6.61 Å². The molecule has 12 heavy (non-hydrogen) atoms. The van der Waals surface area contributed by atoms with Crippen LogP contribution in [0.4, 0.5) is 0 Å². The summed E-state index contributed by atoms with van der Waals surface area (Å²) in [4.78, 5) is 0. The van der Waals surface area contributed by atoms with Crippen molar-refractivity contribution in [2.75, 3.05) is 13.2 Å². The molecule has 0 aliphatic carbocycles. The first-order chi connectivity index (χ1) is 5.70. The molecule has 0 rings (SSSR count). The van der Waals surface area contributed by atoms with E-state index in [-0.39, 0.29) is 6.04 Å². The summed E-state index contributed by atoms with van der Waals surface area (Å²) in [6, 6.07) is 0.203. The Hall–Kier alpha value is -0.380. The third-order valence-electron chi connectivity index (χ3n) is 1.50. The van der Waals surface area contributed by atoms with Gasteiger partial charge in [0.1, 0.15) is 0 Å². The summed E-state index contributed by atoms with van der Waals surface area (Å²) in [7, 11) is 0. The molecule has 0 spiro atoms. The van der Waals surface area contributed by atoms with Crippen LogP contribution in [0.3, 0.4) is 0 Å². The van der Waals surface area contributed by atoms with Crippen molar-refractivity contribution in [3.05, 3.63) is 12.2 Å². The zero-order valence-electron chi connectivity index (χ0n) is 8.10. The molecular weight excluding hydrogens is 152 g/mol. The van der Waals surface area contributed by atoms with Gasteiger partial charge in [-0.3, -0.25) is 11.3 Å². The molecule has 0 heterocycles. The van der Waals surface area contributed by atoms with Gasteiger partial charge in [0.15, 0.2) is 0 Å². The smallest absolute Gasteiger partial charge is 0.0636 e. The van der Waals surface area contributed by atoms with Gasteiger partial charge in [-0.2, -0.15) is 0 Å². The summed E-state index contributed by atoms with van der Waals surface area (Å²) in [6.45, 7) is 9.36. The lowest BCUT2D eigenvalue weighted by atomic mass is 10.1. The first-order valence-electron chi connectivity index (χ1n) is 4.39. The molecule has 72 valence electrons. The maximum Gasteiger partial charge on any atom is 0.0636 e. The van der Waals surface area contributed by atoms with E-state index in [1.165, 1.54) is 0 Å². The molecule has 1 atom stereocenters. The van der Waals surface area contributed by atoms with Gasteiger partial charge in [0.25, 0.3) is 0 Å². The lowest BCUT2D eigenvalue weighted by Gasteiger charge is -2.15. The van der Waals surface area contributed by atoms with E-state index >= 15 is 0 Å². The maximum atomic E-state index is 5.35. The van der Waals surface area contributed by atoms with Crippen LogP contribution in [-0.2, 0) is 4.74 Å². The van der Waals surface area contributed by atoms with E-state index in [2.05, 4.69) is 18.9 Å². The Balaban J connectivity index is 3.46. The number of nitrogens with one attached hydrogen (secondary N) is 1. The van der Waals surface area contributed by atoms with Crippen molar-refractivity contribution in [2.24, 2.45) is 5.84 Å². The minimum atomic E-state index is 0.203. The van der Waals surface area contributed by atoms with Crippen LogP contribution in [0.2, 0.25) is 0 Å². The molecule has 0 fully saturated rings. The number of rotatable bonds is 7. The van der Waals surface area contributed by atoms with Gasteiger partial charge in [-0.15, -0.1) is 6.58 Å². The molecule has 3 heteroatoms. The van der Waals surface area contributed by atoms with E-state index in [9.17, 15) is 0 Å². The molecule has 0 aliphatic rings. The number of hydrogen-bond acceptors (Lipinski definition) is 3. The van der Waals surface area contributed by atoms with Gasteiger partial charge >= 0.3 is 0 Å². The number of ether oxygens (including phenoxy) is 1. The summed E-state index contributed by atoms with van der Waals surface area (Å²) < 4.78 is 5.35. The lowest BCUT2D eigenvalue weighted by molar-refractivity contribution is 0.112. The van der Waals surface area contributed by atoms with Gasteiger partial charge in [-0.05, 0) is 19.8 Å². The van der Waals surface area contributed by atoms with Crippen LogP contribution in [0, 0.1) is 0 Å². The van der Waals surface area contributed by atoms with Crippen molar-refractivity contribution >= 4 is 0 Å². The first kappa shape index (κ1) is 11.6. The Morgan fingerprint density at radius 3 is 2.75 bits per heavy atom. The predicted octanol–water partition coefficient (Wildman–Crippen LogP) is 1.21. The van der Waals surface area contributed by atoms with Crippen molar-refractivity contribution in [3.8, 4) is 0 Å². The molecule has 0 radical (unpaired) electrons. The summed E-state index contributed by atoms with van der Waals surface area (Å²) in [5.74, 6) is 5.33. The van der Waals surface area contributed by atoms with Gasteiger partial charge < -0.3 is 4.74 Å². The number of hydrogen-bond donors (Lipinski definition) is 2. The van der Waals surface area contributed by atoms with Gasteiger partial charge in [0.2, 0.25) is 0 Å². The van der Waals surface area contributed by atoms with Crippen LogP contribution in [0.5, 0.6) is 0 Å². The van der Waals surface area contributed by atoms with E-state index in [1.807, 2.05) is 6.92 Å². The van der Waals surface area contributed by atoms with E-state index < -0.39 is 0 Å². The van der Waals surface area contributed by atoms with Crippen molar-refractivity contribution in [2.45, 2.75) is 32.7 Å². The fourth-order valence-electron chi connectivity index (χ4n) is 0.957. The summed E-state index contributed by atoms with van der Waals surface area (Å²) >= 11 is 0. The highest BCUT2D eigenvalue weighted by atomic mass is 16.5. The molecule has 0 aromatic carbocycles. The van der Waals surface area contributed by atoms with Gasteiger partial charge in [0, 0.05) is 12.6 Å². The van der Waals surface area contributed by atoms with Crippen LogP contribution in [0.1, 0.15) is 26.7 Å². The second kappa shape index (κ2) is 7.28. The van der Waals surface area contributed by atoms with Crippen LogP contribution in [-0.4, -0.2) is 19.3 Å². The highest BCUT2D eigenvalue weighted by Crippen LogP contribution is 2.01. The summed E-state index contributed by atoms with van der Waals surface area (Å²) in [6.07, 6.45) is 1.92. The Morgan fingerprint density at radius 2 is 2.33 bits per heavy atom. The van der Waals surface area contributed by atoms with E-state index in [0.717, 1.165) is 25.0 Å². The number of nitrogens with two attached hydrogens (primary N) is 1. The molecule has 3 N–H and O–H groups in total. The summed E-state index contributed by atoms with van der Waals surface area (Å²) in [5, 5.41) is 0. The predicted molar refractivity (Wildman–Crippen MR) is 51.7 cm³/mol. The average Bonchev–Trinajstić information content (AvgIpc) is 2.02. The SMILES string of the molecule is C=C(C)CC(COCCC)NN. The van der Waals surface area contributed by atoms with Crippen molar-refractivity contribution in [3.63, 3.8) is 0 Å². The third-order valence-corrected chi connectivity index (χ3v) is 1.50. The van der Waals surface area contributed by atoms with Crippen LogP contribution in [0.25, 0.3) is 0 Å².